The van der Waals surface area contributed by atoms with Gasteiger partial charge in [0.15, 0.2) is 0 Å². The highest BCUT2D eigenvalue weighted by molar-refractivity contribution is 5.90. The number of hydrogen-bond donors (Lipinski definition) is 1. The lowest BCUT2D eigenvalue weighted by Crippen LogP contribution is -2.53. The molecule has 7 heteroatoms. The van der Waals surface area contributed by atoms with Gasteiger partial charge in [-0.25, -0.2) is 9.59 Å². The third-order valence-electron chi connectivity index (χ3n) is 4.28. The second-order valence-electron chi connectivity index (χ2n) is 7.60. The predicted octanol–water partition coefficient (Wildman–Crippen LogP) is 2.29. The molecule has 148 valence electrons. The van der Waals surface area contributed by atoms with E-state index >= 15 is 0 Å². The number of benzene rings is 1. The van der Waals surface area contributed by atoms with Gasteiger partial charge in [-0.2, -0.15) is 0 Å². The number of carbonyl (C=O) groups excluding carboxylic acids is 3. The summed E-state index contributed by atoms with van der Waals surface area (Å²) in [6.45, 7) is 5.73. The number of nitrogens with one attached hydrogen (secondary N) is 1. The summed E-state index contributed by atoms with van der Waals surface area (Å²) < 4.78 is 10.1. The highest BCUT2D eigenvalue weighted by Crippen LogP contribution is 2.20. The maximum Gasteiger partial charge on any atom is 0.408 e. The van der Waals surface area contributed by atoms with Gasteiger partial charge in [0.2, 0.25) is 5.91 Å². The Hall–Kier alpha value is -2.57. The van der Waals surface area contributed by atoms with E-state index in [1.165, 1.54) is 12.0 Å². The van der Waals surface area contributed by atoms with E-state index in [0.717, 1.165) is 12.0 Å². The van der Waals surface area contributed by atoms with E-state index in [4.69, 9.17) is 9.47 Å². The Bertz CT molecular complexity index is 669. The summed E-state index contributed by atoms with van der Waals surface area (Å²) in [6, 6.07) is 7.97. The second kappa shape index (κ2) is 8.88. The largest absolute Gasteiger partial charge is 0.467 e. The Kier molecular flexibility index (Phi) is 6.82. The van der Waals surface area contributed by atoms with Crippen molar-refractivity contribution in [2.24, 2.45) is 0 Å². The summed E-state index contributed by atoms with van der Waals surface area (Å²) in [5, 5.41) is 2.67. The fourth-order valence-corrected chi connectivity index (χ4v) is 3.11. The molecule has 1 unspecified atom stereocenters. The van der Waals surface area contributed by atoms with Gasteiger partial charge in [-0.3, -0.25) is 4.79 Å². The van der Waals surface area contributed by atoms with Crippen molar-refractivity contribution in [3.63, 3.8) is 0 Å². The molecular weight excluding hydrogens is 348 g/mol. The summed E-state index contributed by atoms with van der Waals surface area (Å²) in [5.41, 5.74) is 0.229. The molecule has 1 saturated heterocycles. The van der Waals surface area contributed by atoms with Gasteiger partial charge in [0.25, 0.3) is 0 Å². The number of likely N-dealkylation sites (tertiary alicyclic amines) is 1. The summed E-state index contributed by atoms with van der Waals surface area (Å²) in [4.78, 5) is 38.9. The van der Waals surface area contributed by atoms with Gasteiger partial charge in [-0.15, -0.1) is 0 Å². The molecule has 0 saturated carbocycles. The zero-order valence-corrected chi connectivity index (χ0v) is 16.4. The highest BCUT2D eigenvalue weighted by Gasteiger charge is 2.38. The fraction of sp³-hybridized carbons (Fsp3) is 0.550. The lowest BCUT2D eigenvalue weighted by atomic mass is 10.0. The second-order valence-corrected chi connectivity index (χ2v) is 7.60. The van der Waals surface area contributed by atoms with Crippen LogP contribution < -0.4 is 5.32 Å². The van der Waals surface area contributed by atoms with Crippen LogP contribution in [0.1, 0.15) is 39.2 Å². The third kappa shape index (κ3) is 5.98. The van der Waals surface area contributed by atoms with Gasteiger partial charge >= 0.3 is 12.1 Å². The van der Waals surface area contributed by atoms with Crippen molar-refractivity contribution in [2.45, 2.75) is 57.7 Å². The fourth-order valence-electron chi connectivity index (χ4n) is 3.11. The van der Waals surface area contributed by atoms with E-state index in [1.54, 1.807) is 20.8 Å². The quantitative estimate of drug-likeness (QED) is 0.797. The number of amides is 2. The summed E-state index contributed by atoms with van der Waals surface area (Å²) >= 11 is 0. The van der Waals surface area contributed by atoms with Crippen molar-refractivity contribution in [3.8, 4) is 0 Å². The maximum atomic E-state index is 13.1. The monoisotopic (exact) mass is 376 g/mol. The van der Waals surface area contributed by atoms with Crippen LogP contribution in [0.15, 0.2) is 30.3 Å². The molecule has 2 amide bonds. The standard InChI is InChI=1S/C20H28N2O5/c1-20(2,3)27-19(25)21-15(13-14-9-6-5-7-10-14)17(23)22-12-8-11-16(22)18(24)26-4/h5-7,9-10,15-16H,8,11-13H2,1-4H3,(H,21,25)/t15?,16-/m0/s1. The lowest BCUT2D eigenvalue weighted by molar-refractivity contribution is -0.151. The van der Waals surface area contributed by atoms with Crippen LogP contribution in [-0.4, -0.2) is 54.2 Å². The first kappa shape index (κ1) is 20.7. The highest BCUT2D eigenvalue weighted by atomic mass is 16.6. The first-order chi connectivity index (χ1) is 12.7. The van der Waals surface area contributed by atoms with Crippen LogP contribution in [0.4, 0.5) is 4.79 Å². The topological polar surface area (TPSA) is 84.9 Å². The Morgan fingerprint density at radius 1 is 1.22 bits per heavy atom. The van der Waals surface area contributed by atoms with Crippen LogP contribution in [0.3, 0.4) is 0 Å². The molecule has 0 radical (unpaired) electrons. The van der Waals surface area contributed by atoms with E-state index in [2.05, 4.69) is 5.32 Å². The average Bonchev–Trinajstić information content (AvgIpc) is 3.08. The van der Waals surface area contributed by atoms with Crippen molar-refractivity contribution >= 4 is 18.0 Å². The third-order valence-corrected chi connectivity index (χ3v) is 4.28. The van der Waals surface area contributed by atoms with Gasteiger partial charge in [0.1, 0.15) is 17.7 Å². The van der Waals surface area contributed by atoms with Crippen LogP contribution >= 0.6 is 0 Å². The number of alkyl carbamates (subject to hydrolysis) is 1. The van der Waals surface area contributed by atoms with Gasteiger partial charge in [0, 0.05) is 13.0 Å². The molecular formula is C20H28N2O5. The average molecular weight is 376 g/mol. The normalized spacial score (nSPS) is 17.9. The van der Waals surface area contributed by atoms with E-state index in [0.29, 0.717) is 19.4 Å². The first-order valence-corrected chi connectivity index (χ1v) is 9.13. The predicted molar refractivity (Wildman–Crippen MR) is 100 cm³/mol. The summed E-state index contributed by atoms with van der Waals surface area (Å²) in [5.74, 6) is -0.741. The van der Waals surface area contributed by atoms with Crippen molar-refractivity contribution < 1.29 is 23.9 Å². The molecule has 1 aliphatic rings. The van der Waals surface area contributed by atoms with Crippen molar-refractivity contribution in [1.29, 1.82) is 0 Å². The van der Waals surface area contributed by atoms with Gasteiger partial charge < -0.3 is 19.7 Å². The van der Waals surface area contributed by atoms with Crippen LogP contribution in [0.5, 0.6) is 0 Å². The lowest BCUT2D eigenvalue weighted by Gasteiger charge is -2.29. The molecule has 0 bridgehead atoms. The molecule has 0 spiro atoms. The first-order valence-electron chi connectivity index (χ1n) is 9.13. The number of ether oxygens (including phenoxy) is 2. The minimum atomic E-state index is -0.826. The van der Waals surface area contributed by atoms with E-state index in [1.807, 2.05) is 30.3 Å². The number of hydrogen-bond acceptors (Lipinski definition) is 5. The minimum Gasteiger partial charge on any atom is -0.467 e. The maximum absolute atomic E-state index is 13.1. The number of esters is 1. The SMILES string of the molecule is COC(=O)[C@@H]1CCCN1C(=O)C(Cc1ccccc1)NC(=O)OC(C)(C)C. The number of rotatable bonds is 5. The molecule has 1 aliphatic heterocycles. The van der Waals surface area contributed by atoms with Crippen LogP contribution in [0.2, 0.25) is 0 Å². The Morgan fingerprint density at radius 3 is 2.48 bits per heavy atom. The van der Waals surface area contributed by atoms with Crippen molar-refractivity contribution in [3.05, 3.63) is 35.9 Å². The minimum absolute atomic E-state index is 0.308. The molecule has 1 N–H and O–H groups in total. The molecule has 1 heterocycles. The number of methoxy groups -OCH3 is 1. The molecule has 1 aromatic rings. The Labute approximate surface area is 160 Å². The van der Waals surface area contributed by atoms with E-state index in [9.17, 15) is 14.4 Å². The van der Waals surface area contributed by atoms with Gasteiger partial charge in [-0.1, -0.05) is 30.3 Å². The van der Waals surface area contributed by atoms with Crippen molar-refractivity contribution in [1.82, 2.24) is 10.2 Å². The zero-order chi connectivity index (χ0) is 20.0. The van der Waals surface area contributed by atoms with Gasteiger partial charge in [0.05, 0.1) is 7.11 Å². The summed E-state index contributed by atoms with van der Waals surface area (Å²) in [7, 11) is 1.31. The molecule has 2 rings (SSSR count). The molecule has 2 atom stereocenters. The Balaban J connectivity index is 2.18. The van der Waals surface area contributed by atoms with E-state index in [-0.39, 0.29) is 5.91 Å². The molecule has 0 aromatic heterocycles. The Morgan fingerprint density at radius 2 is 1.89 bits per heavy atom. The van der Waals surface area contributed by atoms with Crippen LogP contribution in [0, 0.1) is 0 Å². The molecule has 1 fully saturated rings. The molecule has 1 aromatic carbocycles. The number of nitrogens with zero attached hydrogens (tertiary/aromatic N) is 1. The smallest absolute Gasteiger partial charge is 0.408 e. The molecule has 7 nitrogen and oxygen atoms in total. The molecule has 0 aliphatic carbocycles. The van der Waals surface area contributed by atoms with Crippen LogP contribution in [0.25, 0.3) is 0 Å². The number of carbonyl (C=O) groups is 3. The van der Waals surface area contributed by atoms with Crippen LogP contribution in [-0.2, 0) is 25.5 Å². The summed E-state index contributed by atoms with van der Waals surface area (Å²) in [6.07, 6.45) is 0.924. The van der Waals surface area contributed by atoms with Crippen molar-refractivity contribution in [2.75, 3.05) is 13.7 Å². The van der Waals surface area contributed by atoms with Gasteiger partial charge in [-0.05, 0) is 39.2 Å². The zero-order valence-electron chi connectivity index (χ0n) is 16.4. The van der Waals surface area contributed by atoms with E-state index < -0.39 is 29.7 Å². The molecule has 27 heavy (non-hydrogen) atoms.